The SMILES string of the molecule is O=C(c1ccccc1Cl)N1CCC(NCC(CO)c2cccnc2)CC1. The third-order valence-electron chi connectivity index (χ3n) is 4.92. The van der Waals surface area contributed by atoms with E-state index in [0.29, 0.717) is 36.3 Å². The second-order valence-corrected chi connectivity index (χ2v) is 7.03. The molecular weight excluding hydrogens is 350 g/mol. The number of hydrogen-bond acceptors (Lipinski definition) is 4. The third kappa shape index (κ3) is 4.61. The molecular formula is C20H24ClN3O2. The van der Waals surface area contributed by atoms with Gasteiger partial charge in [-0.1, -0.05) is 29.8 Å². The summed E-state index contributed by atoms with van der Waals surface area (Å²) in [5, 5.41) is 13.7. The number of halogens is 1. The molecule has 1 aromatic heterocycles. The van der Waals surface area contributed by atoms with Gasteiger partial charge in [-0.25, -0.2) is 0 Å². The van der Waals surface area contributed by atoms with Crippen molar-refractivity contribution in [1.29, 1.82) is 0 Å². The molecule has 0 radical (unpaired) electrons. The van der Waals surface area contributed by atoms with Crippen molar-refractivity contribution < 1.29 is 9.90 Å². The van der Waals surface area contributed by atoms with Crippen molar-refractivity contribution in [3.05, 3.63) is 64.9 Å². The monoisotopic (exact) mass is 373 g/mol. The highest BCUT2D eigenvalue weighted by atomic mass is 35.5. The van der Waals surface area contributed by atoms with Gasteiger partial charge in [-0.05, 0) is 36.6 Å². The lowest BCUT2D eigenvalue weighted by atomic mass is 9.99. The maximum absolute atomic E-state index is 12.6. The smallest absolute Gasteiger partial charge is 0.255 e. The fourth-order valence-corrected chi connectivity index (χ4v) is 3.52. The molecule has 5 nitrogen and oxygen atoms in total. The molecule has 2 aromatic rings. The van der Waals surface area contributed by atoms with Gasteiger partial charge in [-0.15, -0.1) is 0 Å². The molecule has 1 unspecified atom stereocenters. The van der Waals surface area contributed by atoms with Crippen molar-refractivity contribution >= 4 is 17.5 Å². The van der Waals surface area contributed by atoms with E-state index < -0.39 is 0 Å². The molecule has 0 bridgehead atoms. The molecule has 0 spiro atoms. The quantitative estimate of drug-likeness (QED) is 0.817. The van der Waals surface area contributed by atoms with Crippen LogP contribution in [0, 0.1) is 0 Å². The van der Waals surface area contributed by atoms with Crippen LogP contribution in [-0.4, -0.2) is 53.2 Å². The molecule has 6 heteroatoms. The summed E-state index contributed by atoms with van der Waals surface area (Å²) in [5.74, 6) is 0.0316. The van der Waals surface area contributed by atoms with Gasteiger partial charge in [0.2, 0.25) is 0 Å². The number of nitrogens with zero attached hydrogens (tertiary/aromatic N) is 2. The number of amides is 1. The Kier molecular flexibility index (Phi) is 6.61. The van der Waals surface area contributed by atoms with Crippen molar-refractivity contribution in [2.24, 2.45) is 0 Å². The average Bonchev–Trinajstić information content (AvgIpc) is 2.70. The molecule has 0 aliphatic carbocycles. The Morgan fingerprint density at radius 1 is 1.27 bits per heavy atom. The van der Waals surface area contributed by atoms with E-state index in [-0.39, 0.29) is 18.4 Å². The highest BCUT2D eigenvalue weighted by molar-refractivity contribution is 6.33. The van der Waals surface area contributed by atoms with E-state index in [1.54, 1.807) is 24.5 Å². The van der Waals surface area contributed by atoms with Gasteiger partial charge in [0.1, 0.15) is 0 Å². The van der Waals surface area contributed by atoms with Crippen molar-refractivity contribution in [2.45, 2.75) is 24.8 Å². The van der Waals surface area contributed by atoms with Gasteiger partial charge in [-0.3, -0.25) is 9.78 Å². The van der Waals surface area contributed by atoms with E-state index in [4.69, 9.17) is 11.6 Å². The van der Waals surface area contributed by atoms with Crippen LogP contribution in [-0.2, 0) is 0 Å². The molecule has 2 N–H and O–H groups in total. The maximum Gasteiger partial charge on any atom is 0.255 e. The zero-order chi connectivity index (χ0) is 18.4. The van der Waals surface area contributed by atoms with Crippen molar-refractivity contribution in [2.75, 3.05) is 26.2 Å². The lowest BCUT2D eigenvalue weighted by Gasteiger charge is -2.33. The number of pyridine rings is 1. The largest absolute Gasteiger partial charge is 0.396 e. The molecule has 0 saturated carbocycles. The number of hydrogen-bond donors (Lipinski definition) is 2. The van der Waals surface area contributed by atoms with Crippen molar-refractivity contribution in [3.63, 3.8) is 0 Å². The lowest BCUT2D eigenvalue weighted by molar-refractivity contribution is 0.0704. The van der Waals surface area contributed by atoms with Crippen LogP contribution >= 0.6 is 11.6 Å². The molecule has 1 amide bonds. The standard InChI is InChI=1S/C20H24ClN3O2/c21-19-6-2-1-5-18(19)20(26)24-10-7-17(8-11-24)23-13-16(14-25)15-4-3-9-22-12-15/h1-6,9,12,16-17,23,25H,7-8,10-11,13-14H2. The summed E-state index contributed by atoms with van der Waals surface area (Å²) < 4.78 is 0. The van der Waals surface area contributed by atoms with E-state index in [1.807, 2.05) is 29.2 Å². The first-order valence-electron chi connectivity index (χ1n) is 8.97. The molecule has 138 valence electrons. The Balaban J connectivity index is 1.49. The second-order valence-electron chi connectivity index (χ2n) is 6.62. The van der Waals surface area contributed by atoms with Crippen LogP contribution < -0.4 is 5.32 Å². The topological polar surface area (TPSA) is 65.5 Å². The molecule has 1 fully saturated rings. The van der Waals surface area contributed by atoms with Crippen LogP contribution in [0.4, 0.5) is 0 Å². The summed E-state index contributed by atoms with van der Waals surface area (Å²) in [6.45, 7) is 2.20. The predicted octanol–water partition coefficient (Wildman–Crippen LogP) is 2.71. The van der Waals surface area contributed by atoms with Gasteiger partial charge in [-0.2, -0.15) is 0 Å². The summed E-state index contributed by atoms with van der Waals surface area (Å²) in [4.78, 5) is 18.6. The molecule has 1 aliphatic heterocycles. The van der Waals surface area contributed by atoms with Crippen molar-refractivity contribution in [1.82, 2.24) is 15.2 Å². The van der Waals surface area contributed by atoms with Crippen LogP contribution in [0.2, 0.25) is 5.02 Å². The Morgan fingerprint density at radius 2 is 2.04 bits per heavy atom. The zero-order valence-electron chi connectivity index (χ0n) is 14.6. The minimum absolute atomic E-state index is 0.00218. The minimum atomic E-state index is -0.00218. The van der Waals surface area contributed by atoms with Crippen LogP contribution in [0.15, 0.2) is 48.8 Å². The molecule has 1 aliphatic rings. The van der Waals surface area contributed by atoms with Gasteiger partial charge >= 0.3 is 0 Å². The number of carbonyl (C=O) groups excluding carboxylic acids is 1. The fourth-order valence-electron chi connectivity index (χ4n) is 3.31. The van der Waals surface area contributed by atoms with Gasteiger partial charge < -0.3 is 15.3 Å². The first kappa shape index (κ1) is 18.8. The maximum atomic E-state index is 12.6. The number of likely N-dealkylation sites (tertiary alicyclic amines) is 1. The zero-order valence-corrected chi connectivity index (χ0v) is 15.4. The summed E-state index contributed by atoms with van der Waals surface area (Å²) in [5.41, 5.74) is 1.60. The van der Waals surface area contributed by atoms with E-state index in [0.717, 1.165) is 18.4 Å². The van der Waals surface area contributed by atoms with Crippen LogP contribution in [0.5, 0.6) is 0 Å². The lowest BCUT2D eigenvalue weighted by Crippen LogP contribution is -2.46. The van der Waals surface area contributed by atoms with Gasteiger partial charge in [0, 0.05) is 44.0 Å². The predicted molar refractivity (Wildman–Crippen MR) is 102 cm³/mol. The van der Waals surface area contributed by atoms with Gasteiger partial charge in [0.15, 0.2) is 0 Å². The summed E-state index contributed by atoms with van der Waals surface area (Å²) >= 11 is 6.14. The highest BCUT2D eigenvalue weighted by Gasteiger charge is 2.25. The van der Waals surface area contributed by atoms with E-state index in [9.17, 15) is 9.90 Å². The molecule has 2 heterocycles. The Bertz CT molecular complexity index is 718. The minimum Gasteiger partial charge on any atom is -0.396 e. The number of aliphatic hydroxyl groups is 1. The number of aliphatic hydroxyl groups excluding tert-OH is 1. The molecule has 1 atom stereocenters. The number of aromatic nitrogens is 1. The van der Waals surface area contributed by atoms with E-state index in [2.05, 4.69) is 10.3 Å². The number of rotatable bonds is 6. The van der Waals surface area contributed by atoms with E-state index >= 15 is 0 Å². The highest BCUT2D eigenvalue weighted by Crippen LogP contribution is 2.20. The van der Waals surface area contributed by atoms with Crippen LogP contribution in [0.25, 0.3) is 0 Å². The number of piperidine rings is 1. The van der Waals surface area contributed by atoms with Crippen molar-refractivity contribution in [3.8, 4) is 0 Å². The third-order valence-corrected chi connectivity index (χ3v) is 5.25. The van der Waals surface area contributed by atoms with Gasteiger partial charge in [0.05, 0.1) is 17.2 Å². The normalized spacial score (nSPS) is 16.5. The Labute approximate surface area is 159 Å². The second kappa shape index (κ2) is 9.12. The first-order valence-corrected chi connectivity index (χ1v) is 9.35. The van der Waals surface area contributed by atoms with E-state index in [1.165, 1.54) is 0 Å². The van der Waals surface area contributed by atoms with Crippen LogP contribution in [0.3, 0.4) is 0 Å². The number of nitrogens with one attached hydrogen (secondary N) is 1. The summed E-state index contributed by atoms with van der Waals surface area (Å²) in [6, 6.07) is 11.4. The van der Waals surface area contributed by atoms with Gasteiger partial charge in [0.25, 0.3) is 5.91 Å². The number of carbonyl (C=O) groups is 1. The summed E-state index contributed by atoms with van der Waals surface area (Å²) in [6.07, 6.45) is 5.31. The Morgan fingerprint density at radius 3 is 2.69 bits per heavy atom. The molecule has 3 rings (SSSR count). The fraction of sp³-hybridized carbons (Fsp3) is 0.400. The number of benzene rings is 1. The molecule has 26 heavy (non-hydrogen) atoms. The average molecular weight is 374 g/mol. The summed E-state index contributed by atoms with van der Waals surface area (Å²) in [7, 11) is 0. The molecule has 1 aromatic carbocycles. The Hall–Kier alpha value is -1.95. The molecule has 1 saturated heterocycles. The van der Waals surface area contributed by atoms with Crippen LogP contribution in [0.1, 0.15) is 34.7 Å². The first-order chi connectivity index (χ1) is 12.7.